The molecule has 0 atom stereocenters. The van der Waals surface area contributed by atoms with Crippen molar-refractivity contribution < 1.29 is 4.42 Å². The minimum Gasteiger partial charge on any atom is -0.456 e. The fourth-order valence-corrected chi connectivity index (χ4v) is 9.96. The molecule has 0 spiro atoms. The van der Waals surface area contributed by atoms with E-state index in [9.17, 15) is 0 Å². The molecule has 260 valence electrons. The first kappa shape index (κ1) is 31.2. The number of rotatable bonds is 4. The van der Waals surface area contributed by atoms with E-state index in [1.54, 1.807) is 0 Å². The van der Waals surface area contributed by atoms with E-state index in [2.05, 4.69) is 206 Å². The summed E-state index contributed by atoms with van der Waals surface area (Å²) in [6.07, 6.45) is 0. The highest BCUT2D eigenvalue weighted by atomic mass is 16.3. The fourth-order valence-electron chi connectivity index (χ4n) is 9.96. The lowest BCUT2D eigenvalue weighted by Gasteiger charge is -2.34. The summed E-state index contributed by atoms with van der Waals surface area (Å²) in [6.45, 7) is 0. The molecular formula is C55H34O. The van der Waals surface area contributed by atoms with Crippen molar-refractivity contribution >= 4 is 54.3 Å². The number of hydrogen-bond acceptors (Lipinski definition) is 1. The first-order chi connectivity index (χ1) is 27.8. The molecule has 10 aromatic carbocycles. The van der Waals surface area contributed by atoms with Crippen LogP contribution < -0.4 is 0 Å². The molecule has 56 heavy (non-hydrogen) atoms. The number of hydrogen-bond donors (Lipinski definition) is 0. The largest absolute Gasteiger partial charge is 0.456 e. The highest BCUT2D eigenvalue weighted by Gasteiger charge is 2.47. The van der Waals surface area contributed by atoms with Crippen LogP contribution in [0, 0.1) is 0 Å². The topological polar surface area (TPSA) is 13.1 Å². The van der Waals surface area contributed by atoms with Crippen LogP contribution in [0.15, 0.2) is 211 Å². The van der Waals surface area contributed by atoms with Crippen molar-refractivity contribution in [3.05, 3.63) is 229 Å². The van der Waals surface area contributed by atoms with E-state index in [1.807, 2.05) is 0 Å². The Kier molecular flexibility index (Phi) is 6.62. The van der Waals surface area contributed by atoms with Crippen molar-refractivity contribution in [3.8, 4) is 33.4 Å². The zero-order valence-electron chi connectivity index (χ0n) is 30.5. The lowest BCUT2D eigenvalue weighted by Crippen LogP contribution is -2.28. The number of fused-ring (bicyclic) bond motifs is 10. The quantitative estimate of drug-likeness (QED) is 0.177. The van der Waals surface area contributed by atoms with Gasteiger partial charge in [0.05, 0.1) is 5.41 Å². The van der Waals surface area contributed by atoms with E-state index in [4.69, 9.17) is 4.42 Å². The van der Waals surface area contributed by atoms with Crippen LogP contribution in [0.1, 0.15) is 22.3 Å². The van der Waals surface area contributed by atoms with Crippen molar-refractivity contribution in [3.63, 3.8) is 0 Å². The van der Waals surface area contributed by atoms with E-state index in [0.29, 0.717) is 0 Å². The zero-order chi connectivity index (χ0) is 36.8. The highest BCUT2D eigenvalue weighted by molar-refractivity contribution is 6.17. The molecule has 0 amide bonds. The van der Waals surface area contributed by atoms with Gasteiger partial charge in [0.2, 0.25) is 0 Å². The third-order valence-electron chi connectivity index (χ3n) is 12.3. The maximum absolute atomic E-state index is 6.56. The van der Waals surface area contributed by atoms with Gasteiger partial charge in [-0.3, -0.25) is 0 Å². The molecule has 0 fully saturated rings. The van der Waals surface area contributed by atoms with Gasteiger partial charge in [0.15, 0.2) is 0 Å². The number of benzene rings is 10. The summed E-state index contributed by atoms with van der Waals surface area (Å²) in [5, 5.41) is 9.72. The maximum Gasteiger partial charge on any atom is 0.136 e. The van der Waals surface area contributed by atoms with Gasteiger partial charge in [-0.05, 0) is 112 Å². The number of furan rings is 1. The molecule has 1 heteroatoms. The molecule has 1 heterocycles. The molecule has 0 bridgehead atoms. The summed E-state index contributed by atoms with van der Waals surface area (Å²) in [6, 6.07) is 75.9. The average molecular weight is 711 g/mol. The standard InChI is InChI=1S/C55H34O/c1-3-18-39(19-4-1)55(40-20-5-2-6-21-40)49-30-28-38(42-23-13-27-51-54(42)48-32-36-15-7-8-16-37(36)34-52(48)56-51)33-47(49)53-46-26-12-25-44(45(46)29-31-50(53)55)43-24-11-17-35-14-9-10-22-41(35)43/h1-34H. The molecule has 1 aromatic heterocycles. The van der Waals surface area contributed by atoms with E-state index in [1.165, 1.54) is 88.0 Å². The predicted molar refractivity (Wildman–Crippen MR) is 234 cm³/mol. The summed E-state index contributed by atoms with van der Waals surface area (Å²) in [4.78, 5) is 0. The summed E-state index contributed by atoms with van der Waals surface area (Å²) in [5.41, 5.74) is 13.9. The van der Waals surface area contributed by atoms with E-state index in [0.717, 1.165) is 21.9 Å². The molecule has 0 saturated carbocycles. The van der Waals surface area contributed by atoms with Crippen molar-refractivity contribution in [2.24, 2.45) is 0 Å². The second-order valence-corrected chi connectivity index (χ2v) is 15.1. The van der Waals surface area contributed by atoms with Crippen LogP contribution in [0.5, 0.6) is 0 Å². The van der Waals surface area contributed by atoms with E-state index < -0.39 is 5.41 Å². The summed E-state index contributed by atoms with van der Waals surface area (Å²) in [5.74, 6) is 0. The van der Waals surface area contributed by atoms with Gasteiger partial charge in [0, 0.05) is 10.8 Å². The molecule has 0 N–H and O–H groups in total. The van der Waals surface area contributed by atoms with Crippen LogP contribution >= 0.6 is 0 Å². The lowest BCUT2D eigenvalue weighted by molar-refractivity contribution is 0.669. The smallest absolute Gasteiger partial charge is 0.136 e. The minimum absolute atomic E-state index is 0.511. The van der Waals surface area contributed by atoms with Gasteiger partial charge in [-0.2, -0.15) is 0 Å². The predicted octanol–water partition coefficient (Wildman–Crippen LogP) is 14.7. The molecule has 0 aliphatic heterocycles. The van der Waals surface area contributed by atoms with Crippen molar-refractivity contribution in [2.45, 2.75) is 5.41 Å². The Morgan fingerprint density at radius 1 is 0.321 bits per heavy atom. The van der Waals surface area contributed by atoms with Crippen LogP contribution in [0.25, 0.3) is 87.6 Å². The molecule has 0 unspecified atom stereocenters. The molecule has 1 aliphatic carbocycles. The summed E-state index contributed by atoms with van der Waals surface area (Å²) in [7, 11) is 0. The van der Waals surface area contributed by atoms with Crippen LogP contribution in [0.4, 0.5) is 0 Å². The Morgan fingerprint density at radius 2 is 0.911 bits per heavy atom. The van der Waals surface area contributed by atoms with Gasteiger partial charge in [-0.25, -0.2) is 0 Å². The Balaban J connectivity index is 1.19. The maximum atomic E-state index is 6.56. The fraction of sp³-hybridized carbons (Fsp3) is 0.0182. The molecule has 1 aliphatic rings. The van der Waals surface area contributed by atoms with E-state index >= 15 is 0 Å². The van der Waals surface area contributed by atoms with E-state index in [-0.39, 0.29) is 0 Å². The average Bonchev–Trinajstić information content (AvgIpc) is 3.79. The Bertz CT molecular complexity index is 3310. The third-order valence-corrected chi connectivity index (χ3v) is 12.3. The SMILES string of the molecule is c1ccc(C2(c3ccccc3)c3ccc(-c4cccc5oc6cc7ccccc7cc6c45)cc3-c3c2ccc2c(-c4cccc5ccccc45)cccc32)cc1. The second kappa shape index (κ2) is 11.9. The first-order valence-electron chi connectivity index (χ1n) is 19.4. The van der Waals surface area contributed by atoms with Crippen molar-refractivity contribution in [2.75, 3.05) is 0 Å². The van der Waals surface area contributed by atoms with Gasteiger partial charge in [-0.1, -0.05) is 182 Å². The summed E-state index contributed by atoms with van der Waals surface area (Å²) < 4.78 is 6.56. The van der Waals surface area contributed by atoms with Crippen LogP contribution in [0.2, 0.25) is 0 Å². The first-order valence-corrected chi connectivity index (χ1v) is 19.4. The molecular weight excluding hydrogens is 677 g/mol. The van der Waals surface area contributed by atoms with Gasteiger partial charge in [0.1, 0.15) is 11.2 Å². The van der Waals surface area contributed by atoms with Crippen LogP contribution in [-0.2, 0) is 5.41 Å². The van der Waals surface area contributed by atoms with Crippen LogP contribution in [0.3, 0.4) is 0 Å². The van der Waals surface area contributed by atoms with Gasteiger partial charge in [-0.15, -0.1) is 0 Å². The molecule has 12 rings (SSSR count). The molecule has 1 nitrogen and oxygen atoms in total. The Labute approximate surface area is 324 Å². The Hall–Kier alpha value is -7.22. The minimum atomic E-state index is -0.511. The van der Waals surface area contributed by atoms with Crippen molar-refractivity contribution in [1.82, 2.24) is 0 Å². The molecule has 0 saturated heterocycles. The van der Waals surface area contributed by atoms with Gasteiger partial charge in [0.25, 0.3) is 0 Å². The zero-order valence-corrected chi connectivity index (χ0v) is 30.5. The second-order valence-electron chi connectivity index (χ2n) is 15.1. The highest BCUT2D eigenvalue weighted by Crippen LogP contribution is 2.59. The van der Waals surface area contributed by atoms with Gasteiger partial charge < -0.3 is 4.42 Å². The Morgan fingerprint density at radius 3 is 1.70 bits per heavy atom. The molecule has 0 radical (unpaired) electrons. The summed E-state index contributed by atoms with van der Waals surface area (Å²) >= 11 is 0. The van der Waals surface area contributed by atoms with Crippen molar-refractivity contribution in [1.29, 1.82) is 0 Å². The normalized spacial score (nSPS) is 13.1. The molecule has 11 aromatic rings. The monoisotopic (exact) mass is 710 g/mol. The van der Waals surface area contributed by atoms with Gasteiger partial charge >= 0.3 is 0 Å². The lowest BCUT2D eigenvalue weighted by atomic mass is 9.67. The third kappa shape index (κ3) is 4.31. The van der Waals surface area contributed by atoms with Crippen LogP contribution in [-0.4, -0.2) is 0 Å².